The number of carbonyl (C=O) groups excluding carboxylic acids is 3. The number of methoxy groups -OCH3 is 1. The van der Waals surface area contributed by atoms with E-state index >= 15 is 0 Å². The molecule has 7 heteroatoms. The summed E-state index contributed by atoms with van der Waals surface area (Å²) in [4.78, 5) is 35.7. The zero-order valence-corrected chi connectivity index (χ0v) is 31.3. The third-order valence-corrected chi connectivity index (χ3v) is 8.14. The zero-order chi connectivity index (χ0) is 39.1. The van der Waals surface area contributed by atoms with Crippen LogP contribution >= 0.6 is 0 Å². The van der Waals surface area contributed by atoms with Gasteiger partial charge in [0.15, 0.2) is 5.78 Å². The maximum Gasteiger partial charge on any atom is 0.343 e. The van der Waals surface area contributed by atoms with E-state index < -0.39 is 11.9 Å². The van der Waals surface area contributed by atoms with E-state index in [1.807, 2.05) is 72.8 Å². The number of benzene rings is 4. The topological polar surface area (TPSA) is 88.1 Å². The van der Waals surface area contributed by atoms with Crippen molar-refractivity contribution in [2.45, 2.75) is 44.9 Å². The number of rotatable bonds is 19. The first kappa shape index (κ1) is 41.3. The van der Waals surface area contributed by atoms with Gasteiger partial charge in [-0.1, -0.05) is 61.1 Å². The fourth-order valence-electron chi connectivity index (χ4n) is 5.00. The van der Waals surface area contributed by atoms with Crippen LogP contribution in [0.3, 0.4) is 0 Å². The Balaban J connectivity index is 1.16. The number of esters is 2. The second kappa shape index (κ2) is 23.3. The molecule has 0 aliphatic carbocycles. The maximum absolute atomic E-state index is 12.7. The number of ketones is 1. The van der Waals surface area contributed by atoms with Crippen LogP contribution in [0.15, 0.2) is 134 Å². The average Bonchev–Trinajstić information content (AvgIpc) is 3.21. The minimum Gasteiger partial charge on any atom is -0.494 e. The number of hydrogen-bond donors (Lipinski definition) is 0. The van der Waals surface area contributed by atoms with Crippen molar-refractivity contribution in [1.82, 2.24) is 0 Å². The van der Waals surface area contributed by atoms with E-state index in [0.717, 1.165) is 65.7 Å². The first-order chi connectivity index (χ1) is 26.8. The highest BCUT2D eigenvalue weighted by molar-refractivity contribution is 5.91. The highest BCUT2D eigenvalue weighted by Crippen LogP contribution is 2.16. The SMILES string of the molecule is C=CC(=O)CCCC/C=C/Cc1ccc(C(=O)Oc2ccc(C#Cc3ccc(C#Cc4ccc(OCCCCOC(=O)C(=C)COC)cc4)cc3)cc2)cc1. The summed E-state index contributed by atoms with van der Waals surface area (Å²) in [7, 11) is 1.50. The van der Waals surface area contributed by atoms with Crippen molar-refractivity contribution in [3.8, 4) is 35.2 Å². The molecule has 0 aliphatic heterocycles. The Bertz CT molecular complexity index is 2030. The lowest BCUT2D eigenvalue weighted by molar-refractivity contribution is -0.139. The Kier molecular flexibility index (Phi) is 17.5. The van der Waals surface area contributed by atoms with Crippen LogP contribution in [0.25, 0.3) is 0 Å². The molecule has 280 valence electrons. The summed E-state index contributed by atoms with van der Waals surface area (Å²) in [5.41, 5.74) is 5.27. The van der Waals surface area contributed by atoms with Crippen LogP contribution in [0, 0.1) is 23.7 Å². The third-order valence-electron chi connectivity index (χ3n) is 8.14. The standard InChI is InChI=1S/C48H46O7/c1-4-44(49)13-9-7-5-6-8-12-38-22-28-43(29-23-38)48(51)55-46-32-26-42(27-33-46)21-19-40-16-14-39(15-17-40)18-20-41-24-30-45(31-25-41)53-34-10-11-35-54-47(50)37(2)36-52-3/h4,6,8,14-17,22-33H,1-2,5,7,9-13,34-36H2,3H3/b8-6+. The molecule has 55 heavy (non-hydrogen) atoms. The number of allylic oxidation sites excluding steroid dienone is 3. The van der Waals surface area contributed by atoms with E-state index in [1.54, 1.807) is 24.3 Å². The predicted molar refractivity (Wildman–Crippen MR) is 216 cm³/mol. The maximum atomic E-state index is 12.7. The number of unbranched alkanes of at least 4 members (excludes halogenated alkanes) is 3. The van der Waals surface area contributed by atoms with Gasteiger partial charge < -0.3 is 18.9 Å². The van der Waals surface area contributed by atoms with E-state index in [0.29, 0.717) is 42.9 Å². The number of carbonyl (C=O) groups is 3. The Hall–Kier alpha value is -6.41. The molecule has 0 N–H and O–H groups in total. The van der Waals surface area contributed by atoms with E-state index in [1.165, 1.54) is 13.2 Å². The van der Waals surface area contributed by atoms with Crippen LogP contribution in [-0.4, -0.2) is 44.7 Å². The van der Waals surface area contributed by atoms with Crippen LogP contribution in [-0.2, 0) is 25.5 Å². The monoisotopic (exact) mass is 734 g/mol. The first-order valence-electron chi connectivity index (χ1n) is 18.2. The quantitative estimate of drug-likeness (QED) is 0.0237. The van der Waals surface area contributed by atoms with Crippen molar-refractivity contribution in [2.75, 3.05) is 26.9 Å². The van der Waals surface area contributed by atoms with E-state index in [4.69, 9.17) is 18.9 Å². The molecule has 0 amide bonds. The van der Waals surface area contributed by atoms with Gasteiger partial charge >= 0.3 is 11.9 Å². The first-order valence-corrected chi connectivity index (χ1v) is 18.2. The van der Waals surface area contributed by atoms with Crippen LogP contribution in [0.5, 0.6) is 11.5 Å². The van der Waals surface area contributed by atoms with Crippen molar-refractivity contribution < 1.29 is 33.3 Å². The molecule has 4 rings (SSSR count). The number of hydrogen-bond acceptors (Lipinski definition) is 7. The van der Waals surface area contributed by atoms with Crippen molar-refractivity contribution in [3.63, 3.8) is 0 Å². The molecule has 0 radical (unpaired) electrons. The normalized spacial score (nSPS) is 10.3. The summed E-state index contributed by atoms with van der Waals surface area (Å²) >= 11 is 0. The predicted octanol–water partition coefficient (Wildman–Crippen LogP) is 9.02. The van der Waals surface area contributed by atoms with Gasteiger partial charge in [-0.15, -0.1) is 0 Å². The van der Waals surface area contributed by atoms with Crippen LogP contribution in [0.4, 0.5) is 0 Å². The van der Waals surface area contributed by atoms with Gasteiger partial charge in [0.25, 0.3) is 0 Å². The molecule has 7 nitrogen and oxygen atoms in total. The van der Waals surface area contributed by atoms with Gasteiger partial charge in [0.1, 0.15) is 11.5 Å². The van der Waals surface area contributed by atoms with Crippen molar-refractivity contribution in [2.24, 2.45) is 0 Å². The summed E-state index contributed by atoms with van der Waals surface area (Å²) < 4.78 is 21.4. The fraction of sp³-hybridized carbons (Fsp3) is 0.229. The molecule has 0 unspecified atom stereocenters. The summed E-state index contributed by atoms with van der Waals surface area (Å²) in [5.74, 6) is 13.1. The molecule has 0 saturated carbocycles. The molecule has 0 aliphatic rings. The van der Waals surface area contributed by atoms with Gasteiger partial charge in [-0.05, 0) is 135 Å². The van der Waals surface area contributed by atoms with Gasteiger partial charge in [-0.3, -0.25) is 4.79 Å². The Labute approximate surface area is 324 Å². The van der Waals surface area contributed by atoms with Gasteiger partial charge in [0.2, 0.25) is 0 Å². The second-order valence-electron chi connectivity index (χ2n) is 12.5. The molecule has 4 aromatic carbocycles. The van der Waals surface area contributed by atoms with E-state index in [9.17, 15) is 14.4 Å². The molecule has 0 spiro atoms. The lowest BCUT2D eigenvalue weighted by atomic mass is 10.1. The molecule has 4 aromatic rings. The third kappa shape index (κ3) is 15.6. The van der Waals surface area contributed by atoms with Gasteiger partial charge in [0, 0.05) is 35.8 Å². The summed E-state index contributed by atoms with van der Waals surface area (Å²) in [6.07, 6.45) is 11.1. The number of ether oxygens (including phenoxy) is 4. The van der Waals surface area contributed by atoms with Gasteiger partial charge in [-0.2, -0.15) is 0 Å². The van der Waals surface area contributed by atoms with Crippen LogP contribution in [0.1, 0.15) is 76.7 Å². The van der Waals surface area contributed by atoms with Gasteiger partial charge in [0.05, 0.1) is 31.0 Å². The molecule has 0 saturated heterocycles. The van der Waals surface area contributed by atoms with Crippen LogP contribution < -0.4 is 9.47 Å². The average molecular weight is 735 g/mol. The second-order valence-corrected chi connectivity index (χ2v) is 12.5. The molecule has 0 heterocycles. The summed E-state index contributed by atoms with van der Waals surface area (Å²) in [6, 6.07) is 29.8. The summed E-state index contributed by atoms with van der Waals surface area (Å²) in [5, 5.41) is 0. The molecule has 0 aromatic heterocycles. The fourth-order valence-corrected chi connectivity index (χ4v) is 5.00. The van der Waals surface area contributed by atoms with E-state index in [-0.39, 0.29) is 12.4 Å². The molecule has 0 fully saturated rings. The minimum atomic E-state index is -0.436. The molecular formula is C48H46O7. The lowest BCUT2D eigenvalue weighted by Crippen LogP contribution is -2.12. The lowest BCUT2D eigenvalue weighted by Gasteiger charge is -2.08. The highest BCUT2D eigenvalue weighted by atomic mass is 16.5. The Morgan fingerprint density at radius 2 is 1.20 bits per heavy atom. The smallest absolute Gasteiger partial charge is 0.343 e. The van der Waals surface area contributed by atoms with Gasteiger partial charge in [-0.25, -0.2) is 9.59 Å². The highest BCUT2D eigenvalue weighted by Gasteiger charge is 2.09. The van der Waals surface area contributed by atoms with Crippen LogP contribution in [0.2, 0.25) is 0 Å². The Morgan fingerprint density at radius 1 is 0.655 bits per heavy atom. The molecule has 0 bridgehead atoms. The molecular weight excluding hydrogens is 689 g/mol. The molecule has 0 atom stereocenters. The summed E-state index contributed by atoms with van der Waals surface area (Å²) in [6.45, 7) is 8.11. The zero-order valence-electron chi connectivity index (χ0n) is 31.3. The van der Waals surface area contributed by atoms with Crippen molar-refractivity contribution in [3.05, 3.63) is 167 Å². The van der Waals surface area contributed by atoms with Crippen molar-refractivity contribution in [1.29, 1.82) is 0 Å². The van der Waals surface area contributed by atoms with E-state index in [2.05, 4.69) is 49.0 Å². The van der Waals surface area contributed by atoms with Crippen molar-refractivity contribution >= 4 is 17.7 Å². The minimum absolute atomic E-state index is 0.0922. The largest absolute Gasteiger partial charge is 0.494 e. The Morgan fingerprint density at radius 3 is 1.76 bits per heavy atom.